The van der Waals surface area contributed by atoms with Gasteiger partial charge >= 0.3 is 0 Å². The van der Waals surface area contributed by atoms with Gasteiger partial charge in [-0.25, -0.2) is 0 Å². The predicted molar refractivity (Wildman–Crippen MR) is 67.0 cm³/mol. The number of nitriles is 1. The van der Waals surface area contributed by atoms with Crippen LogP contribution in [0, 0.1) is 17.2 Å². The Bertz CT molecular complexity index is 456. The van der Waals surface area contributed by atoms with E-state index in [1.807, 2.05) is 13.0 Å². The van der Waals surface area contributed by atoms with Gasteiger partial charge in [0, 0.05) is 24.1 Å². The van der Waals surface area contributed by atoms with Crippen LogP contribution in [0.15, 0.2) is 24.3 Å². The van der Waals surface area contributed by atoms with Crippen LogP contribution in [0.3, 0.4) is 0 Å². The van der Waals surface area contributed by atoms with Gasteiger partial charge in [0.2, 0.25) is 0 Å². The molecule has 2 atom stereocenters. The van der Waals surface area contributed by atoms with Crippen molar-refractivity contribution in [2.24, 2.45) is 5.92 Å². The number of nitrogens with one attached hydrogen (secondary N) is 1. The van der Waals surface area contributed by atoms with E-state index in [0.29, 0.717) is 17.0 Å². The molecule has 1 aromatic carbocycles. The number of rotatable bonds is 3. The zero-order valence-electron chi connectivity index (χ0n) is 10.3. The fourth-order valence-electron chi connectivity index (χ4n) is 2.05. The Morgan fingerprint density at radius 1 is 1.50 bits per heavy atom. The number of benzene rings is 1. The maximum atomic E-state index is 12.0. The molecule has 1 saturated heterocycles. The highest BCUT2D eigenvalue weighted by Crippen LogP contribution is 2.16. The highest BCUT2D eigenvalue weighted by molar-refractivity contribution is 5.94. The third kappa shape index (κ3) is 2.88. The maximum absolute atomic E-state index is 12.0. The Hall–Kier alpha value is -1.86. The lowest BCUT2D eigenvalue weighted by Gasteiger charge is -2.19. The van der Waals surface area contributed by atoms with E-state index in [9.17, 15) is 4.79 Å². The summed E-state index contributed by atoms with van der Waals surface area (Å²) in [6.07, 6.45) is 0.995. The summed E-state index contributed by atoms with van der Waals surface area (Å²) < 4.78 is 5.31. The molecular weight excluding hydrogens is 228 g/mol. The average molecular weight is 244 g/mol. The van der Waals surface area contributed by atoms with Gasteiger partial charge in [-0.3, -0.25) is 4.79 Å². The first-order chi connectivity index (χ1) is 8.70. The van der Waals surface area contributed by atoms with Crippen molar-refractivity contribution in [2.45, 2.75) is 19.4 Å². The minimum atomic E-state index is -0.0983. The number of ether oxygens (including phenoxy) is 1. The van der Waals surface area contributed by atoms with Crippen molar-refractivity contribution >= 4 is 5.91 Å². The smallest absolute Gasteiger partial charge is 0.251 e. The molecule has 0 aromatic heterocycles. The summed E-state index contributed by atoms with van der Waals surface area (Å²) in [4.78, 5) is 12.0. The Balaban J connectivity index is 1.96. The van der Waals surface area contributed by atoms with Crippen molar-refractivity contribution in [1.29, 1.82) is 5.26 Å². The molecule has 4 nitrogen and oxygen atoms in total. The standard InChI is InChI=1S/C14H16N2O2/c1-10(13-6-7-18-9-13)16-14(17)12-4-2-11(8-15)3-5-12/h2-5,10,13H,6-7,9H2,1H3,(H,16,17). The van der Waals surface area contributed by atoms with E-state index in [-0.39, 0.29) is 11.9 Å². The molecule has 0 radical (unpaired) electrons. The third-order valence-corrected chi connectivity index (χ3v) is 3.31. The van der Waals surface area contributed by atoms with Gasteiger partial charge in [-0.05, 0) is 37.6 Å². The predicted octanol–water partition coefficient (Wildman–Crippen LogP) is 1.71. The quantitative estimate of drug-likeness (QED) is 0.880. The molecule has 1 N–H and O–H groups in total. The van der Waals surface area contributed by atoms with Gasteiger partial charge in [0.25, 0.3) is 5.91 Å². The summed E-state index contributed by atoms with van der Waals surface area (Å²) >= 11 is 0. The average Bonchev–Trinajstić information content (AvgIpc) is 2.92. The fourth-order valence-corrected chi connectivity index (χ4v) is 2.05. The second kappa shape index (κ2) is 5.65. The fraction of sp³-hybridized carbons (Fsp3) is 0.429. The molecule has 0 spiro atoms. The first kappa shape index (κ1) is 12.6. The lowest BCUT2D eigenvalue weighted by atomic mass is 10.0. The zero-order chi connectivity index (χ0) is 13.0. The number of amides is 1. The van der Waals surface area contributed by atoms with Crippen LogP contribution >= 0.6 is 0 Å². The molecule has 4 heteroatoms. The van der Waals surface area contributed by atoms with E-state index in [2.05, 4.69) is 5.32 Å². The van der Waals surface area contributed by atoms with Crippen LogP contribution in [0.2, 0.25) is 0 Å². The van der Waals surface area contributed by atoms with E-state index >= 15 is 0 Å². The Morgan fingerprint density at radius 2 is 2.22 bits per heavy atom. The number of nitrogens with zero attached hydrogens (tertiary/aromatic N) is 1. The number of carbonyl (C=O) groups is 1. The van der Waals surface area contributed by atoms with Crippen molar-refractivity contribution < 1.29 is 9.53 Å². The van der Waals surface area contributed by atoms with Gasteiger partial charge in [-0.1, -0.05) is 0 Å². The van der Waals surface area contributed by atoms with E-state index in [1.165, 1.54) is 0 Å². The zero-order valence-corrected chi connectivity index (χ0v) is 10.3. The van der Waals surface area contributed by atoms with Crippen LogP contribution in [-0.2, 0) is 4.74 Å². The highest BCUT2D eigenvalue weighted by atomic mass is 16.5. The van der Waals surface area contributed by atoms with Crippen LogP contribution in [-0.4, -0.2) is 25.2 Å². The van der Waals surface area contributed by atoms with Gasteiger partial charge in [0.15, 0.2) is 0 Å². The summed E-state index contributed by atoms with van der Waals surface area (Å²) in [5.74, 6) is 0.297. The molecule has 0 saturated carbocycles. The first-order valence-electron chi connectivity index (χ1n) is 6.09. The van der Waals surface area contributed by atoms with Gasteiger partial charge in [-0.2, -0.15) is 5.26 Å². The normalized spacial score (nSPS) is 20.1. The van der Waals surface area contributed by atoms with Crippen molar-refractivity contribution in [3.63, 3.8) is 0 Å². The highest BCUT2D eigenvalue weighted by Gasteiger charge is 2.23. The van der Waals surface area contributed by atoms with E-state index in [4.69, 9.17) is 10.00 Å². The molecule has 1 aliphatic heterocycles. The molecule has 1 aromatic rings. The molecule has 1 heterocycles. The van der Waals surface area contributed by atoms with Crippen LogP contribution in [0.4, 0.5) is 0 Å². The third-order valence-electron chi connectivity index (χ3n) is 3.31. The summed E-state index contributed by atoms with van der Waals surface area (Å²) in [6, 6.07) is 8.78. The number of carbonyl (C=O) groups excluding carboxylic acids is 1. The molecule has 2 rings (SSSR count). The second-order valence-electron chi connectivity index (χ2n) is 4.57. The molecule has 0 bridgehead atoms. The van der Waals surface area contributed by atoms with Crippen LogP contribution in [0.25, 0.3) is 0 Å². The molecule has 0 aliphatic carbocycles. The minimum Gasteiger partial charge on any atom is -0.381 e. The minimum absolute atomic E-state index is 0.0983. The molecule has 2 unspecified atom stereocenters. The first-order valence-corrected chi connectivity index (χ1v) is 6.09. The molecule has 1 fully saturated rings. The Labute approximate surface area is 107 Å². The topological polar surface area (TPSA) is 62.1 Å². The van der Waals surface area contributed by atoms with E-state index < -0.39 is 0 Å². The van der Waals surface area contributed by atoms with Gasteiger partial charge in [-0.15, -0.1) is 0 Å². The van der Waals surface area contributed by atoms with Gasteiger partial charge in [0.05, 0.1) is 18.2 Å². The summed E-state index contributed by atoms with van der Waals surface area (Å²) in [6.45, 7) is 3.50. The largest absolute Gasteiger partial charge is 0.381 e. The second-order valence-corrected chi connectivity index (χ2v) is 4.57. The number of hydrogen-bond donors (Lipinski definition) is 1. The van der Waals surface area contributed by atoms with Crippen molar-refractivity contribution in [3.05, 3.63) is 35.4 Å². The molecular formula is C14H16N2O2. The summed E-state index contributed by atoms with van der Waals surface area (Å²) in [5, 5.41) is 11.7. The van der Waals surface area contributed by atoms with Crippen LogP contribution in [0.5, 0.6) is 0 Å². The summed E-state index contributed by atoms with van der Waals surface area (Å²) in [7, 11) is 0. The van der Waals surface area contributed by atoms with Crippen molar-refractivity contribution in [2.75, 3.05) is 13.2 Å². The van der Waals surface area contributed by atoms with Gasteiger partial charge in [0.1, 0.15) is 0 Å². The van der Waals surface area contributed by atoms with Crippen molar-refractivity contribution in [1.82, 2.24) is 5.32 Å². The molecule has 18 heavy (non-hydrogen) atoms. The van der Waals surface area contributed by atoms with Gasteiger partial charge < -0.3 is 10.1 Å². The Kier molecular flexibility index (Phi) is 3.96. The maximum Gasteiger partial charge on any atom is 0.251 e. The van der Waals surface area contributed by atoms with Crippen LogP contribution < -0.4 is 5.32 Å². The monoisotopic (exact) mass is 244 g/mol. The van der Waals surface area contributed by atoms with Crippen LogP contribution in [0.1, 0.15) is 29.3 Å². The summed E-state index contributed by atoms with van der Waals surface area (Å²) in [5.41, 5.74) is 1.14. The number of hydrogen-bond acceptors (Lipinski definition) is 3. The Morgan fingerprint density at radius 3 is 2.78 bits per heavy atom. The van der Waals surface area contributed by atoms with Crippen molar-refractivity contribution in [3.8, 4) is 6.07 Å². The molecule has 1 aliphatic rings. The molecule has 94 valence electrons. The lowest BCUT2D eigenvalue weighted by molar-refractivity contribution is 0.0922. The van der Waals surface area contributed by atoms with E-state index in [0.717, 1.165) is 19.6 Å². The lowest BCUT2D eigenvalue weighted by Crippen LogP contribution is -2.38. The SMILES string of the molecule is CC(NC(=O)c1ccc(C#N)cc1)C1CCOC1. The molecule has 1 amide bonds. The van der Waals surface area contributed by atoms with E-state index in [1.54, 1.807) is 24.3 Å².